The van der Waals surface area contributed by atoms with E-state index >= 15 is 0 Å². The van der Waals surface area contributed by atoms with Crippen molar-refractivity contribution in [2.75, 3.05) is 52.2 Å². The predicted octanol–water partition coefficient (Wildman–Crippen LogP) is 2.82. The molecule has 0 atom stereocenters. The summed E-state index contributed by atoms with van der Waals surface area (Å²) in [6.07, 6.45) is 0. The topological polar surface area (TPSA) is 103 Å². The van der Waals surface area contributed by atoms with Crippen LogP contribution in [0.15, 0.2) is 42.5 Å². The van der Waals surface area contributed by atoms with E-state index in [1.807, 2.05) is 0 Å². The molecule has 0 unspecified atom stereocenters. The smallest absolute Gasteiger partial charge is 0.281 e. The number of nitrogens with zero attached hydrogens (tertiary/aromatic N) is 2. The van der Waals surface area contributed by atoms with Crippen LogP contribution in [0.5, 0.6) is 5.75 Å². The number of benzene rings is 2. The first kappa shape index (κ1) is 24.9. The summed E-state index contributed by atoms with van der Waals surface area (Å²) in [6.45, 7) is 3.93. The van der Waals surface area contributed by atoms with Crippen LogP contribution < -0.4 is 20.9 Å². The van der Waals surface area contributed by atoms with Gasteiger partial charge in [-0.05, 0) is 49.5 Å². The molecule has 3 N–H and O–H groups in total. The summed E-state index contributed by atoms with van der Waals surface area (Å²) in [5.74, 6) is -0.449. The molecule has 0 aliphatic carbocycles. The second-order valence-electron chi connectivity index (χ2n) is 8.22. The standard InChI is InChI=1S/C24H26ClN5O4S/c1-29-9-11-30(12-10-29)14-20(31)26-16-5-3-15(4-6-16)23(32)27-28-24(33)22-21(25)18-8-7-17(34-2)13-19(18)35-22/h3-8,13H,9-12,14H2,1-2H3,(H,26,31)(H,27,32)(H,28,33). The van der Waals surface area contributed by atoms with Gasteiger partial charge in [0.15, 0.2) is 0 Å². The molecule has 9 nitrogen and oxygen atoms in total. The van der Waals surface area contributed by atoms with Crippen LogP contribution in [0.25, 0.3) is 10.1 Å². The van der Waals surface area contributed by atoms with E-state index in [1.54, 1.807) is 49.6 Å². The second-order valence-corrected chi connectivity index (χ2v) is 9.65. The van der Waals surface area contributed by atoms with Crippen molar-refractivity contribution in [3.8, 4) is 5.75 Å². The minimum Gasteiger partial charge on any atom is -0.497 e. The molecule has 4 rings (SSSR count). The highest BCUT2D eigenvalue weighted by atomic mass is 35.5. The van der Waals surface area contributed by atoms with E-state index in [2.05, 4.69) is 33.0 Å². The molecule has 35 heavy (non-hydrogen) atoms. The predicted molar refractivity (Wildman–Crippen MR) is 137 cm³/mol. The van der Waals surface area contributed by atoms with Crippen LogP contribution in [0.3, 0.4) is 0 Å². The van der Waals surface area contributed by atoms with E-state index in [-0.39, 0.29) is 10.8 Å². The van der Waals surface area contributed by atoms with Crippen molar-refractivity contribution < 1.29 is 19.1 Å². The highest BCUT2D eigenvalue weighted by Gasteiger charge is 2.19. The first-order chi connectivity index (χ1) is 16.8. The van der Waals surface area contributed by atoms with E-state index in [0.717, 1.165) is 36.3 Å². The van der Waals surface area contributed by atoms with Crippen LogP contribution in [0.1, 0.15) is 20.0 Å². The van der Waals surface area contributed by atoms with Gasteiger partial charge in [-0.3, -0.25) is 30.1 Å². The summed E-state index contributed by atoms with van der Waals surface area (Å²) < 4.78 is 6.01. The van der Waals surface area contributed by atoms with E-state index < -0.39 is 11.8 Å². The quantitative estimate of drug-likeness (QED) is 0.436. The average Bonchev–Trinajstić information content (AvgIpc) is 3.19. The van der Waals surface area contributed by atoms with Gasteiger partial charge in [-0.1, -0.05) is 11.6 Å². The summed E-state index contributed by atoms with van der Waals surface area (Å²) >= 11 is 7.57. The normalized spacial score (nSPS) is 14.5. The Hall–Kier alpha value is -3.18. The lowest BCUT2D eigenvalue weighted by atomic mass is 10.2. The number of amides is 3. The molecule has 1 aliphatic heterocycles. The van der Waals surface area contributed by atoms with E-state index in [0.29, 0.717) is 28.6 Å². The maximum absolute atomic E-state index is 12.6. The van der Waals surface area contributed by atoms with Crippen molar-refractivity contribution in [1.82, 2.24) is 20.7 Å². The Balaban J connectivity index is 1.30. The Bertz CT molecular complexity index is 1240. The zero-order chi connectivity index (χ0) is 24.9. The van der Waals surface area contributed by atoms with Crippen molar-refractivity contribution in [1.29, 1.82) is 0 Å². The molecule has 1 aliphatic rings. The molecule has 0 saturated carbocycles. The highest BCUT2D eigenvalue weighted by molar-refractivity contribution is 7.21. The number of likely N-dealkylation sites (N-methyl/N-ethyl adjacent to an activating group) is 1. The number of nitrogens with one attached hydrogen (secondary N) is 3. The van der Waals surface area contributed by atoms with Gasteiger partial charge in [-0.15, -0.1) is 11.3 Å². The lowest BCUT2D eigenvalue weighted by molar-refractivity contribution is -0.117. The molecule has 3 aromatic rings. The van der Waals surface area contributed by atoms with Crippen LogP contribution in [-0.4, -0.2) is 74.4 Å². The lowest BCUT2D eigenvalue weighted by Gasteiger charge is -2.31. The number of hydrogen-bond acceptors (Lipinski definition) is 7. The maximum Gasteiger partial charge on any atom is 0.281 e. The zero-order valence-electron chi connectivity index (χ0n) is 19.4. The molecule has 1 fully saturated rings. The first-order valence-electron chi connectivity index (χ1n) is 11.0. The number of rotatable bonds is 6. The van der Waals surface area contributed by atoms with Gasteiger partial charge in [0, 0.05) is 47.5 Å². The molecule has 0 radical (unpaired) electrons. The van der Waals surface area contributed by atoms with Crippen LogP contribution in [-0.2, 0) is 4.79 Å². The van der Waals surface area contributed by atoms with Gasteiger partial charge in [0.1, 0.15) is 10.6 Å². The first-order valence-corrected chi connectivity index (χ1v) is 12.2. The van der Waals surface area contributed by atoms with Crippen molar-refractivity contribution >= 4 is 56.4 Å². The number of methoxy groups -OCH3 is 1. The van der Waals surface area contributed by atoms with Crippen molar-refractivity contribution in [3.05, 3.63) is 57.9 Å². The third-order valence-electron chi connectivity index (χ3n) is 5.73. The van der Waals surface area contributed by atoms with E-state index in [9.17, 15) is 14.4 Å². The van der Waals surface area contributed by atoms with Gasteiger partial charge in [0.05, 0.1) is 18.7 Å². The Morgan fingerprint density at radius 1 is 1.00 bits per heavy atom. The number of anilines is 1. The van der Waals surface area contributed by atoms with Crippen LogP contribution in [0.4, 0.5) is 5.69 Å². The highest BCUT2D eigenvalue weighted by Crippen LogP contribution is 2.37. The Kier molecular flexibility index (Phi) is 7.86. The minimum absolute atomic E-state index is 0.100. The summed E-state index contributed by atoms with van der Waals surface area (Å²) in [5, 5.41) is 3.90. The van der Waals surface area contributed by atoms with Gasteiger partial charge < -0.3 is 15.0 Å². The molecule has 11 heteroatoms. The van der Waals surface area contributed by atoms with Gasteiger partial charge in [0.2, 0.25) is 5.91 Å². The molecule has 184 valence electrons. The van der Waals surface area contributed by atoms with Crippen molar-refractivity contribution in [2.24, 2.45) is 0 Å². The molecule has 0 bridgehead atoms. The number of piperazine rings is 1. The SMILES string of the molecule is COc1ccc2c(Cl)c(C(=O)NNC(=O)c3ccc(NC(=O)CN4CCN(C)CC4)cc3)sc2c1. The molecule has 2 heterocycles. The number of thiophene rings is 1. The fourth-order valence-corrected chi connectivity index (χ4v) is 5.12. The average molecular weight is 516 g/mol. The number of halogens is 1. The second kappa shape index (κ2) is 11.0. The molecule has 2 aromatic carbocycles. The number of hydrogen-bond donors (Lipinski definition) is 3. The Labute approximate surface area is 211 Å². The molecule has 3 amide bonds. The van der Waals surface area contributed by atoms with E-state index in [4.69, 9.17) is 16.3 Å². The maximum atomic E-state index is 12.6. The number of hydrazine groups is 1. The fourth-order valence-electron chi connectivity index (χ4n) is 3.68. The van der Waals surface area contributed by atoms with Crippen molar-refractivity contribution in [2.45, 2.75) is 0 Å². The number of carbonyl (C=O) groups is 3. The summed E-state index contributed by atoms with van der Waals surface area (Å²) in [4.78, 5) is 42.0. The van der Waals surface area contributed by atoms with Crippen molar-refractivity contribution in [3.63, 3.8) is 0 Å². The number of ether oxygens (including phenoxy) is 1. The lowest BCUT2D eigenvalue weighted by Crippen LogP contribution is -2.47. The van der Waals surface area contributed by atoms with Gasteiger partial charge in [0.25, 0.3) is 11.8 Å². The van der Waals surface area contributed by atoms with Crippen LogP contribution in [0.2, 0.25) is 5.02 Å². The summed E-state index contributed by atoms with van der Waals surface area (Å²) in [5.41, 5.74) is 5.72. The van der Waals surface area contributed by atoms with Crippen LogP contribution in [0, 0.1) is 0 Å². The van der Waals surface area contributed by atoms with Gasteiger partial charge in [-0.2, -0.15) is 0 Å². The molecule has 0 spiro atoms. The third-order valence-corrected chi connectivity index (χ3v) is 7.38. The monoisotopic (exact) mass is 515 g/mol. The molecule has 1 aromatic heterocycles. The Morgan fingerprint density at radius 2 is 1.69 bits per heavy atom. The molecule has 1 saturated heterocycles. The fraction of sp³-hybridized carbons (Fsp3) is 0.292. The summed E-state index contributed by atoms with van der Waals surface area (Å²) in [7, 11) is 3.63. The largest absolute Gasteiger partial charge is 0.497 e. The molecular formula is C24H26ClN5O4S. The minimum atomic E-state index is -0.517. The third kappa shape index (κ3) is 6.09. The molecular weight excluding hydrogens is 490 g/mol. The zero-order valence-corrected chi connectivity index (χ0v) is 21.0. The summed E-state index contributed by atoms with van der Waals surface area (Å²) in [6, 6.07) is 11.8. The number of carbonyl (C=O) groups excluding carboxylic acids is 3. The number of fused-ring (bicyclic) bond motifs is 1. The van der Waals surface area contributed by atoms with Gasteiger partial charge in [-0.25, -0.2) is 0 Å². The van der Waals surface area contributed by atoms with Crippen LogP contribution >= 0.6 is 22.9 Å². The Morgan fingerprint density at radius 3 is 2.37 bits per heavy atom. The van der Waals surface area contributed by atoms with E-state index in [1.165, 1.54) is 11.3 Å². The van der Waals surface area contributed by atoms with Gasteiger partial charge >= 0.3 is 0 Å².